The largest absolute Gasteiger partial charge is 0.418 e. The van der Waals surface area contributed by atoms with Crippen LogP contribution in [-0.2, 0) is 32.1 Å². The number of carbonyl (C=O) groups excluding carboxylic acids is 3. The number of alkyl halides is 3. The minimum atomic E-state index is -5.07. The molecule has 1 aromatic rings. The Labute approximate surface area is 146 Å². The van der Waals surface area contributed by atoms with Gasteiger partial charge in [0.1, 0.15) is 6.04 Å². The summed E-state index contributed by atoms with van der Waals surface area (Å²) in [4.78, 5) is 35.8. The van der Waals surface area contributed by atoms with Gasteiger partial charge in [-0.1, -0.05) is 6.07 Å². The summed E-state index contributed by atoms with van der Waals surface area (Å²) in [5.74, 6) is -2.36. The first-order valence-electron chi connectivity index (χ1n) is 7.49. The summed E-state index contributed by atoms with van der Waals surface area (Å²) in [6.45, 7) is -0.270. The van der Waals surface area contributed by atoms with Gasteiger partial charge in [-0.25, -0.2) is 8.42 Å². The molecule has 1 saturated heterocycles. The van der Waals surface area contributed by atoms with Crippen LogP contribution in [0.1, 0.15) is 34.3 Å². The van der Waals surface area contributed by atoms with Crippen LogP contribution in [0, 0.1) is 0 Å². The zero-order chi connectivity index (χ0) is 19.4. The lowest BCUT2D eigenvalue weighted by atomic mass is 10.0. The molecule has 11 heteroatoms. The standard InChI is InChI=1S/C15H13F3N2O5S/c1-26(24,25)9-4-2-7-6-20(8-3-5-10(21)19-13(8)22)14(23)11(7)12(9)15(16,17)18/h2,4,8H,3,5-6H2,1H3,(H,19,21,22). The van der Waals surface area contributed by atoms with Crippen molar-refractivity contribution in [2.45, 2.75) is 36.5 Å². The maximum Gasteiger partial charge on any atom is 0.418 e. The summed E-state index contributed by atoms with van der Waals surface area (Å²) in [7, 11) is -4.24. The Bertz CT molecular complexity index is 939. The summed E-state index contributed by atoms with van der Waals surface area (Å²) < 4.78 is 64.1. The number of rotatable bonds is 2. The SMILES string of the molecule is CS(=O)(=O)c1ccc2c(c1C(F)(F)F)C(=O)N(C1CCC(=O)NC1=O)C2. The van der Waals surface area contributed by atoms with Crippen molar-refractivity contribution in [1.82, 2.24) is 10.2 Å². The fraction of sp³-hybridized carbons (Fsp3) is 0.400. The minimum Gasteiger partial charge on any atom is -0.322 e. The molecule has 0 saturated carbocycles. The number of amides is 3. The number of piperidine rings is 1. The molecule has 2 aliphatic heterocycles. The molecule has 3 amide bonds. The van der Waals surface area contributed by atoms with E-state index in [4.69, 9.17) is 0 Å². The van der Waals surface area contributed by atoms with Gasteiger partial charge >= 0.3 is 6.18 Å². The lowest BCUT2D eigenvalue weighted by molar-refractivity contribution is -0.140. The summed E-state index contributed by atoms with van der Waals surface area (Å²) in [5.41, 5.74) is -2.29. The van der Waals surface area contributed by atoms with Crippen LogP contribution in [-0.4, -0.2) is 43.3 Å². The topological polar surface area (TPSA) is 101 Å². The lowest BCUT2D eigenvalue weighted by Gasteiger charge is -2.29. The number of nitrogens with zero attached hydrogens (tertiary/aromatic N) is 1. The van der Waals surface area contributed by atoms with E-state index < -0.39 is 55.8 Å². The molecule has 1 N–H and O–H groups in total. The van der Waals surface area contributed by atoms with Crippen LogP contribution in [0.25, 0.3) is 0 Å². The van der Waals surface area contributed by atoms with Crippen molar-refractivity contribution in [2.24, 2.45) is 0 Å². The van der Waals surface area contributed by atoms with Gasteiger partial charge in [-0.05, 0) is 18.1 Å². The molecule has 7 nitrogen and oxygen atoms in total. The van der Waals surface area contributed by atoms with Crippen molar-refractivity contribution < 1.29 is 36.0 Å². The number of imide groups is 1. The Balaban J connectivity index is 2.11. The molecule has 1 unspecified atom stereocenters. The minimum absolute atomic E-state index is 0.00925. The number of hydrogen-bond acceptors (Lipinski definition) is 5. The number of hydrogen-bond donors (Lipinski definition) is 1. The molecule has 0 radical (unpaired) electrons. The van der Waals surface area contributed by atoms with Gasteiger partial charge in [0.05, 0.1) is 16.0 Å². The molecule has 2 aliphatic rings. The van der Waals surface area contributed by atoms with Gasteiger partial charge < -0.3 is 4.90 Å². The van der Waals surface area contributed by atoms with E-state index in [-0.39, 0.29) is 24.9 Å². The van der Waals surface area contributed by atoms with Crippen molar-refractivity contribution in [3.63, 3.8) is 0 Å². The Morgan fingerprint density at radius 1 is 1.19 bits per heavy atom. The lowest BCUT2D eigenvalue weighted by Crippen LogP contribution is -2.52. The summed E-state index contributed by atoms with van der Waals surface area (Å²) in [6, 6.07) is 0.874. The van der Waals surface area contributed by atoms with Crippen LogP contribution in [0.5, 0.6) is 0 Å². The number of nitrogens with one attached hydrogen (secondary N) is 1. The molecular weight excluding hydrogens is 377 g/mol. The van der Waals surface area contributed by atoms with Crippen LogP contribution in [0.3, 0.4) is 0 Å². The van der Waals surface area contributed by atoms with Gasteiger partial charge in [-0.3, -0.25) is 19.7 Å². The van der Waals surface area contributed by atoms with Gasteiger partial charge in [0.25, 0.3) is 5.91 Å². The van der Waals surface area contributed by atoms with Crippen LogP contribution in [0.4, 0.5) is 13.2 Å². The first-order chi connectivity index (χ1) is 11.9. The fourth-order valence-electron chi connectivity index (χ4n) is 3.22. The molecule has 2 heterocycles. The molecule has 0 aliphatic carbocycles. The van der Waals surface area contributed by atoms with Gasteiger partial charge in [-0.2, -0.15) is 13.2 Å². The van der Waals surface area contributed by atoms with E-state index in [1.54, 1.807) is 0 Å². The van der Waals surface area contributed by atoms with E-state index in [2.05, 4.69) is 0 Å². The predicted molar refractivity (Wildman–Crippen MR) is 80.6 cm³/mol. The number of halogens is 3. The quantitative estimate of drug-likeness (QED) is 0.756. The van der Waals surface area contributed by atoms with Crippen molar-refractivity contribution in [1.29, 1.82) is 0 Å². The molecule has 1 atom stereocenters. The number of benzene rings is 1. The summed E-state index contributed by atoms with van der Waals surface area (Å²) in [6.07, 6.45) is -4.50. The number of carbonyl (C=O) groups is 3. The van der Waals surface area contributed by atoms with E-state index in [1.165, 1.54) is 0 Å². The zero-order valence-electron chi connectivity index (χ0n) is 13.4. The third-order valence-electron chi connectivity index (χ3n) is 4.34. The van der Waals surface area contributed by atoms with E-state index >= 15 is 0 Å². The van der Waals surface area contributed by atoms with Crippen LogP contribution < -0.4 is 5.32 Å². The van der Waals surface area contributed by atoms with Crippen molar-refractivity contribution in [2.75, 3.05) is 6.26 Å². The molecule has 3 rings (SSSR count). The second-order valence-corrected chi connectivity index (χ2v) is 8.13. The normalized spacial score (nSPS) is 21.0. The first kappa shape index (κ1) is 18.4. The molecular formula is C15H13F3N2O5S. The smallest absolute Gasteiger partial charge is 0.322 e. The van der Waals surface area contributed by atoms with Gasteiger partial charge in [0, 0.05) is 19.2 Å². The third-order valence-corrected chi connectivity index (χ3v) is 5.48. The molecule has 0 spiro atoms. The number of fused-ring (bicyclic) bond motifs is 1. The molecule has 0 bridgehead atoms. The van der Waals surface area contributed by atoms with Crippen LogP contribution in [0.2, 0.25) is 0 Å². The molecule has 1 fully saturated rings. The summed E-state index contributed by atoms with van der Waals surface area (Å²) in [5, 5.41) is 2.04. The second-order valence-electron chi connectivity index (χ2n) is 6.14. The van der Waals surface area contributed by atoms with Gasteiger partial charge in [0.15, 0.2) is 9.84 Å². The molecule has 1 aromatic carbocycles. The third kappa shape index (κ3) is 2.96. The Hall–Kier alpha value is -2.43. The molecule has 0 aromatic heterocycles. The average molecular weight is 390 g/mol. The van der Waals surface area contributed by atoms with E-state index in [1.807, 2.05) is 5.32 Å². The Morgan fingerprint density at radius 3 is 2.38 bits per heavy atom. The van der Waals surface area contributed by atoms with Gasteiger partial charge in [0.2, 0.25) is 11.8 Å². The van der Waals surface area contributed by atoms with Crippen LogP contribution >= 0.6 is 0 Å². The summed E-state index contributed by atoms with van der Waals surface area (Å²) >= 11 is 0. The van der Waals surface area contributed by atoms with Crippen LogP contribution in [0.15, 0.2) is 17.0 Å². The van der Waals surface area contributed by atoms with E-state index in [9.17, 15) is 36.0 Å². The van der Waals surface area contributed by atoms with Crippen molar-refractivity contribution in [3.05, 3.63) is 28.8 Å². The van der Waals surface area contributed by atoms with E-state index in [0.717, 1.165) is 17.0 Å². The molecule has 140 valence electrons. The highest BCUT2D eigenvalue weighted by molar-refractivity contribution is 7.90. The van der Waals surface area contributed by atoms with E-state index in [0.29, 0.717) is 6.26 Å². The highest BCUT2D eigenvalue weighted by atomic mass is 32.2. The zero-order valence-corrected chi connectivity index (χ0v) is 14.2. The van der Waals surface area contributed by atoms with Gasteiger partial charge in [-0.15, -0.1) is 0 Å². The maximum absolute atomic E-state index is 13.5. The average Bonchev–Trinajstić information content (AvgIpc) is 2.81. The highest BCUT2D eigenvalue weighted by Gasteiger charge is 2.47. The number of sulfone groups is 1. The monoisotopic (exact) mass is 390 g/mol. The first-order valence-corrected chi connectivity index (χ1v) is 9.38. The Morgan fingerprint density at radius 2 is 1.85 bits per heavy atom. The van der Waals surface area contributed by atoms with Crippen molar-refractivity contribution in [3.8, 4) is 0 Å². The Kier molecular flexibility index (Phi) is 4.09. The predicted octanol–water partition coefficient (Wildman–Crippen LogP) is 0.870. The van der Waals surface area contributed by atoms with Crippen molar-refractivity contribution >= 4 is 27.6 Å². The molecule has 26 heavy (non-hydrogen) atoms. The maximum atomic E-state index is 13.5. The second kappa shape index (κ2) is 5.79. The fourth-order valence-corrected chi connectivity index (χ4v) is 4.13. The highest BCUT2D eigenvalue weighted by Crippen LogP contribution is 2.41.